The van der Waals surface area contributed by atoms with E-state index in [0.717, 1.165) is 11.1 Å². The van der Waals surface area contributed by atoms with Crippen LogP contribution in [0.15, 0.2) is 70.6 Å². The molecule has 0 N–H and O–H groups in total. The van der Waals surface area contributed by atoms with E-state index in [1.54, 1.807) is 68.8 Å². The summed E-state index contributed by atoms with van der Waals surface area (Å²) in [4.78, 5) is 31.0. The molecule has 0 aliphatic carbocycles. The van der Waals surface area contributed by atoms with Gasteiger partial charge in [-0.3, -0.25) is 9.69 Å². The van der Waals surface area contributed by atoms with Crippen LogP contribution in [0.2, 0.25) is 10.0 Å². The van der Waals surface area contributed by atoms with E-state index in [1.165, 1.54) is 23.8 Å². The van der Waals surface area contributed by atoms with Crippen LogP contribution < -0.4 is 9.47 Å². The average Bonchev–Trinajstić information content (AvgIpc) is 3.16. The van der Waals surface area contributed by atoms with E-state index in [0.29, 0.717) is 42.9 Å². The van der Waals surface area contributed by atoms with Gasteiger partial charge in [-0.15, -0.1) is 0 Å². The summed E-state index contributed by atoms with van der Waals surface area (Å²) < 4.78 is 16.1. The number of ether oxygens (including phenoxy) is 3. The Morgan fingerprint density at radius 3 is 2.46 bits per heavy atom. The summed E-state index contributed by atoms with van der Waals surface area (Å²) in [7, 11) is 4.54. The number of carbonyl (C=O) groups excluding carboxylic acids is 2. The second-order valence-electron chi connectivity index (χ2n) is 7.84. The van der Waals surface area contributed by atoms with Crippen LogP contribution in [0.25, 0.3) is 6.08 Å². The molecular weight excluding hydrogens is 535 g/mol. The lowest BCUT2D eigenvalue weighted by atomic mass is 10.2. The van der Waals surface area contributed by atoms with Crippen LogP contribution in [0.1, 0.15) is 21.5 Å². The van der Waals surface area contributed by atoms with Crippen LogP contribution >= 0.6 is 35.0 Å². The summed E-state index contributed by atoms with van der Waals surface area (Å²) in [6.45, 7) is 0.242. The maximum atomic E-state index is 12.8. The molecule has 0 unspecified atom stereocenters. The fourth-order valence-corrected chi connectivity index (χ4v) is 4.84. The number of likely N-dealkylation sites (N-methyl/N-ethyl adjacent to an activating group) is 1. The number of amides is 1. The van der Waals surface area contributed by atoms with Crippen molar-refractivity contribution in [3.8, 4) is 11.5 Å². The van der Waals surface area contributed by atoms with Crippen molar-refractivity contribution >= 4 is 63.8 Å². The third kappa shape index (κ3) is 6.28. The fraction of sp³-hybridized carbons (Fsp3) is 0.148. The zero-order chi connectivity index (χ0) is 26.5. The number of carbonyl (C=O) groups is 2. The van der Waals surface area contributed by atoms with Gasteiger partial charge in [0.05, 0.1) is 30.4 Å². The number of benzene rings is 3. The normalized spacial score (nSPS) is 15.4. The largest absolute Gasteiger partial charge is 0.493 e. The standard InChI is InChI=1S/C27H22Cl2N2O5S/c1-31-25(32)24(37-27(31)30-20-9-6-17(7-10-20)26(33)35-3)13-16-4-11-22(23(12-16)34-2)36-15-18-5-8-19(28)14-21(18)29/h4-14H,15H2,1-3H3/b24-13-,30-27?. The molecule has 10 heteroatoms. The van der Waals surface area contributed by atoms with Gasteiger partial charge in [0, 0.05) is 22.7 Å². The molecule has 1 aliphatic rings. The molecule has 0 atom stereocenters. The van der Waals surface area contributed by atoms with E-state index in [-0.39, 0.29) is 12.5 Å². The second-order valence-corrected chi connectivity index (χ2v) is 9.70. The van der Waals surface area contributed by atoms with Gasteiger partial charge in [0.2, 0.25) is 0 Å². The van der Waals surface area contributed by atoms with Crippen molar-refractivity contribution < 1.29 is 23.8 Å². The number of esters is 1. The Bertz CT molecular complexity index is 1410. The van der Waals surface area contributed by atoms with Crippen LogP contribution in [0.5, 0.6) is 11.5 Å². The summed E-state index contributed by atoms with van der Waals surface area (Å²) in [5, 5.41) is 1.60. The molecule has 0 aromatic heterocycles. The van der Waals surface area contributed by atoms with Crippen LogP contribution in [-0.2, 0) is 16.1 Å². The van der Waals surface area contributed by atoms with Crippen LogP contribution in [-0.4, -0.2) is 43.2 Å². The summed E-state index contributed by atoms with van der Waals surface area (Å²) in [6, 6.07) is 17.3. The smallest absolute Gasteiger partial charge is 0.337 e. The van der Waals surface area contributed by atoms with Gasteiger partial charge in [-0.1, -0.05) is 35.3 Å². The van der Waals surface area contributed by atoms with E-state index >= 15 is 0 Å². The van der Waals surface area contributed by atoms with Crippen molar-refractivity contribution in [2.24, 2.45) is 4.99 Å². The van der Waals surface area contributed by atoms with Gasteiger partial charge < -0.3 is 14.2 Å². The number of hydrogen-bond acceptors (Lipinski definition) is 7. The number of halogens is 2. The molecule has 3 aromatic rings. The predicted molar refractivity (Wildman–Crippen MR) is 147 cm³/mol. The van der Waals surface area contributed by atoms with Crippen molar-refractivity contribution in [3.05, 3.63) is 92.3 Å². The third-order valence-corrected chi connectivity index (χ3v) is 7.05. The maximum Gasteiger partial charge on any atom is 0.337 e. The van der Waals surface area contributed by atoms with Gasteiger partial charge >= 0.3 is 5.97 Å². The molecule has 37 heavy (non-hydrogen) atoms. The minimum absolute atomic E-state index is 0.174. The molecule has 0 saturated carbocycles. The first-order valence-corrected chi connectivity index (χ1v) is 12.6. The van der Waals surface area contributed by atoms with Gasteiger partial charge in [0.15, 0.2) is 16.7 Å². The quantitative estimate of drug-likeness (QED) is 0.241. The van der Waals surface area contributed by atoms with E-state index in [9.17, 15) is 9.59 Å². The zero-order valence-corrected chi connectivity index (χ0v) is 22.5. The zero-order valence-electron chi connectivity index (χ0n) is 20.2. The highest BCUT2D eigenvalue weighted by molar-refractivity contribution is 8.18. The molecule has 0 bridgehead atoms. The highest BCUT2D eigenvalue weighted by Gasteiger charge is 2.30. The minimum Gasteiger partial charge on any atom is -0.493 e. The van der Waals surface area contributed by atoms with Gasteiger partial charge in [-0.25, -0.2) is 9.79 Å². The summed E-state index contributed by atoms with van der Waals surface area (Å²) in [6.07, 6.45) is 1.77. The molecule has 1 heterocycles. The Balaban J connectivity index is 1.50. The Morgan fingerprint density at radius 2 is 1.78 bits per heavy atom. The summed E-state index contributed by atoms with van der Waals surface area (Å²) in [5.41, 5.74) is 2.59. The fourth-order valence-electron chi connectivity index (χ4n) is 3.39. The average molecular weight is 557 g/mol. The van der Waals surface area contributed by atoms with Crippen LogP contribution in [0.4, 0.5) is 5.69 Å². The van der Waals surface area contributed by atoms with Crippen molar-refractivity contribution in [1.82, 2.24) is 4.90 Å². The maximum absolute atomic E-state index is 12.8. The highest BCUT2D eigenvalue weighted by atomic mass is 35.5. The number of rotatable bonds is 7. The lowest BCUT2D eigenvalue weighted by Gasteiger charge is -2.12. The summed E-state index contributed by atoms with van der Waals surface area (Å²) in [5.74, 6) is 0.456. The van der Waals surface area contributed by atoms with Gasteiger partial charge in [0.25, 0.3) is 5.91 Å². The molecule has 190 valence electrons. The molecule has 3 aromatic carbocycles. The third-order valence-electron chi connectivity index (χ3n) is 5.40. The number of aliphatic imine (C=N–C) groups is 1. The van der Waals surface area contributed by atoms with Crippen molar-refractivity contribution in [2.45, 2.75) is 6.61 Å². The molecule has 0 radical (unpaired) electrons. The Morgan fingerprint density at radius 1 is 1.03 bits per heavy atom. The topological polar surface area (TPSA) is 77.4 Å². The Labute approximate surface area is 228 Å². The molecule has 1 fully saturated rings. The van der Waals surface area contributed by atoms with Crippen LogP contribution in [0, 0.1) is 0 Å². The molecule has 7 nitrogen and oxygen atoms in total. The minimum atomic E-state index is -0.424. The lowest BCUT2D eigenvalue weighted by Crippen LogP contribution is -2.23. The van der Waals surface area contributed by atoms with Gasteiger partial charge in [-0.05, 0) is 71.9 Å². The molecule has 1 amide bonds. The van der Waals surface area contributed by atoms with Gasteiger partial charge in [0.1, 0.15) is 6.61 Å². The van der Waals surface area contributed by atoms with Gasteiger partial charge in [-0.2, -0.15) is 0 Å². The van der Waals surface area contributed by atoms with Crippen LogP contribution in [0.3, 0.4) is 0 Å². The summed E-state index contributed by atoms with van der Waals surface area (Å²) >= 11 is 13.4. The van der Waals surface area contributed by atoms with Crippen molar-refractivity contribution in [2.75, 3.05) is 21.3 Å². The van der Waals surface area contributed by atoms with Crippen molar-refractivity contribution in [1.29, 1.82) is 0 Å². The monoisotopic (exact) mass is 556 g/mol. The molecule has 0 spiro atoms. The van der Waals surface area contributed by atoms with E-state index in [1.807, 2.05) is 12.1 Å². The lowest BCUT2D eigenvalue weighted by molar-refractivity contribution is -0.121. The SMILES string of the molecule is COC(=O)c1ccc(N=C2S/C(=C\c3ccc(OCc4ccc(Cl)cc4Cl)c(OC)c3)C(=O)N2C)cc1. The first kappa shape index (κ1) is 26.6. The number of nitrogens with zero attached hydrogens (tertiary/aromatic N) is 2. The molecular formula is C27H22Cl2N2O5S. The number of amidine groups is 1. The number of methoxy groups -OCH3 is 2. The Hall–Kier alpha value is -3.46. The number of hydrogen-bond donors (Lipinski definition) is 0. The van der Waals surface area contributed by atoms with E-state index in [4.69, 9.17) is 37.4 Å². The molecule has 1 aliphatic heterocycles. The van der Waals surface area contributed by atoms with E-state index < -0.39 is 5.97 Å². The van der Waals surface area contributed by atoms with E-state index in [2.05, 4.69) is 4.99 Å². The number of thioether (sulfide) groups is 1. The molecule has 1 saturated heterocycles. The predicted octanol–water partition coefficient (Wildman–Crippen LogP) is 6.60. The second kappa shape index (κ2) is 11.7. The molecule has 4 rings (SSSR count). The van der Waals surface area contributed by atoms with Crippen molar-refractivity contribution in [3.63, 3.8) is 0 Å². The first-order valence-electron chi connectivity index (χ1n) is 11.0. The Kier molecular flexibility index (Phi) is 8.43. The first-order chi connectivity index (χ1) is 17.8. The highest BCUT2D eigenvalue weighted by Crippen LogP contribution is 2.35.